The molecule has 2 fully saturated rings. The predicted octanol–water partition coefficient (Wildman–Crippen LogP) is 2.85. The first kappa shape index (κ1) is 19.2. The van der Waals surface area contributed by atoms with Gasteiger partial charge in [-0.2, -0.15) is 0 Å². The SMILES string of the molecule is S=C(Nc1cc(Cl)ccc1Cl)N1CCCC[C@@H]1CC[NH+]1CCOCC1. The van der Waals surface area contributed by atoms with Crippen LogP contribution in [-0.4, -0.2) is 55.4 Å². The summed E-state index contributed by atoms with van der Waals surface area (Å²) in [6, 6.07) is 5.91. The van der Waals surface area contributed by atoms with Crippen LogP contribution in [0, 0.1) is 0 Å². The van der Waals surface area contributed by atoms with E-state index in [9.17, 15) is 0 Å². The Bertz CT molecular complexity index is 596. The van der Waals surface area contributed by atoms with Crippen LogP contribution in [0.3, 0.4) is 0 Å². The summed E-state index contributed by atoms with van der Waals surface area (Å²) < 4.78 is 5.45. The van der Waals surface area contributed by atoms with E-state index >= 15 is 0 Å². The van der Waals surface area contributed by atoms with Crippen LogP contribution in [-0.2, 0) is 4.74 Å². The number of hydrogen-bond donors (Lipinski definition) is 2. The van der Waals surface area contributed by atoms with Crippen LogP contribution in [0.15, 0.2) is 18.2 Å². The minimum Gasteiger partial charge on any atom is -0.370 e. The summed E-state index contributed by atoms with van der Waals surface area (Å²) >= 11 is 18.0. The number of quaternary nitrogens is 1. The number of ether oxygens (including phenoxy) is 1. The zero-order valence-corrected chi connectivity index (χ0v) is 16.7. The summed E-state index contributed by atoms with van der Waals surface area (Å²) in [4.78, 5) is 3.99. The fraction of sp³-hybridized carbons (Fsp3) is 0.611. The van der Waals surface area contributed by atoms with Gasteiger partial charge in [0.25, 0.3) is 0 Å². The van der Waals surface area contributed by atoms with Gasteiger partial charge in [0.15, 0.2) is 5.11 Å². The highest BCUT2D eigenvalue weighted by Crippen LogP contribution is 2.27. The molecular weight excluding hydrogens is 377 g/mol. The number of hydrogen-bond acceptors (Lipinski definition) is 2. The van der Waals surface area contributed by atoms with Gasteiger partial charge in [-0.05, 0) is 49.7 Å². The van der Waals surface area contributed by atoms with Gasteiger partial charge in [0, 0.05) is 24.0 Å². The van der Waals surface area contributed by atoms with Crippen LogP contribution in [0.25, 0.3) is 0 Å². The van der Waals surface area contributed by atoms with Gasteiger partial charge in [0.2, 0.25) is 0 Å². The van der Waals surface area contributed by atoms with Gasteiger partial charge in [0.05, 0.1) is 30.5 Å². The minimum atomic E-state index is 0.502. The number of nitrogens with one attached hydrogen (secondary N) is 2. The highest BCUT2D eigenvalue weighted by molar-refractivity contribution is 7.80. The summed E-state index contributed by atoms with van der Waals surface area (Å²) in [6.45, 7) is 6.20. The van der Waals surface area contributed by atoms with E-state index in [1.54, 1.807) is 17.0 Å². The number of piperidine rings is 1. The number of halogens is 2. The Balaban J connectivity index is 1.59. The highest BCUT2D eigenvalue weighted by Gasteiger charge is 2.26. The van der Waals surface area contributed by atoms with Gasteiger partial charge in [-0.1, -0.05) is 23.2 Å². The van der Waals surface area contributed by atoms with Gasteiger partial charge < -0.3 is 19.9 Å². The third-order valence-corrected chi connectivity index (χ3v) is 5.99. The first-order chi connectivity index (χ1) is 12.1. The van der Waals surface area contributed by atoms with Gasteiger partial charge in [-0.25, -0.2) is 0 Å². The van der Waals surface area contributed by atoms with E-state index in [1.807, 2.05) is 6.07 Å². The van der Waals surface area contributed by atoms with E-state index in [4.69, 9.17) is 40.2 Å². The van der Waals surface area contributed by atoms with Gasteiger partial charge in [-0.3, -0.25) is 0 Å². The van der Waals surface area contributed by atoms with E-state index < -0.39 is 0 Å². The molecule has 0 unspecified atom stereocenters. The van der Waals surface area contributed by atoms with Crippen molar-refractivity contribution in [1.82, 2.24) is 4.90 Å². The molecule has 1 aromatic carbocycles. The number of likely N-dealkylation sites (tertiary alicyclic amines) is 1. The molecule has 0 spiro atoms. The number of benzene rings is 1. The molecule has 138 valence electrons. The Hall–Kier alpha value is -0.590. The lowest BCUT2D eigenvalue weighted by atomic mass is 9.99. The van der Waals surface area contributed by atoms with Crippen molar-refractivity contribution in [3.05, 3.63) is 28.2 Å². The zero-order valence-electron chi connectivity index (χ0n) is 14.4. The molecule has 2 N–H and O–H groups in total. The molecule has 1 aromatic rings. The monoisotopic (exact) mass is 402 g/mol. The summed E-state index contributed by atoms with van der Waals surface area (Å²) in [5.41, 5.74) is 0.780. The van der Waals surface area contributed by atoms with Crippen molar-refractivity contribution in [3.8, 4) is 0 Å². The van der Waals surface area contributed by atoms with Crippen LogP contribution in [0.4, 0.5) is 5.69 Å². The van der Waals surface area contributed by atoms with Crippen molar-refractivity contribution in [2.75, 3.05) is 44.7 Å². The Labute approximate surface area is 165 Å². The van der Waals surface area contributed by atoms with E-state index in [0.717, 1.165) is 43.6 Å². The number of nitrogens with zero attached hydrogens (tertiary/aromatic N) is 1. The van der Waals surface area contributed by atoms with Gasteiger partial charge in [-0.15, -0.1) is 0 Å². The molecule has 0 bridgehead atoms. The van der Waals surface area contributed by atoms with E-state index in [0.29, 0.717) is 16.1 Å². The van der Waals surface area contributed by atoms with Crippen LogP contribution < -0.4 is 10.2 Å². The Morgan fingerprint density at radius 2 is 2.08 bits per heavy atom. The van der Waals surface area contributed by atoms with Crippen LogP contribution >= 0.6 is 35.4 Å². The first-order valence-electron chi connectivity index (χ1n) is 9.07. The molecule has 0 radical (unpaired) electrons. The van der Waals surface area contributed by atoms with Gasteiger partial charge >= 0.3 is 0 Å². The lowest BCUT2D eigenvalue weighted by Crippen LogP contribution is -3.14. The van der Waals surface area contributed by atoms with E-state index in [-0.39, 0.29) is 0 Å². The third-order valence-electron chi connectivity index (χ3n) is 5.09. The second-order valence-corrected chi connectivity index (χ2v) is 8.03. The molecule has 0 saturated carbocycles. The zero-order chi connectivity index (χ0) is 17.6. The normalized spacial score (nSPS) is 22.0. The lowest BCUT2D eigenvalue weighted by Gasteiger charge is -2.38. The molecule has 4 nitrogen and oxygen atoms in total. The van der Waals surface area contributed by atoms with Crippen molar-refractivity contribution >= 4 is 46.2 Å². The first-order valence-corrected chi connectivity index (χ1v) is 10.2. The molecular formula is C18H26Cl2N3OS+. The molecule has 1 atom stereocenters. The van der Waals surface area contributed by atoms with Crippen molar-refractivity contribution in [2.24, 2.45) is 0 Å². The lowest BCUT2D eigenvalue weighted by molar-refractivity contribution is -0.908. The highest BCUT2D eigenvalue weighted by atomic mass is 35.5. The van der Waals surface area contributed by atoms with Crippen LogP contribution in [0.5, 0.6) is 0 Å². The maximum absolute atomic E-state index is 6.26. The van der Waals surface area contributed by atoms with Crippen LogP contribution in [0.2, 0.25) is 10.0 Å². The standard InChI is InChI=1S/C18H25Cl2N3OS/c19-14-4-5-16(20)17(13-14)21-18(25)23-7-2-1-3-15(23)6-8-22-9-11-24-12-10-22/h4-5,13,15H,1-3,6-12H2,(H,21,25)/p+1/t15-/m1/s1. The average Bonchev–Trinajstić information content (AvgIpc) is 2.64. The molecule has 2 heterocycles. The van der Waals surface area contributed by atoms with Crippen molar-refractivity contribution in [3.63, 3.8) is 0 Å². The second-order valence-electron chi connectivity index (χ2n) is 6.80. The van der Waals surface area contributed by atoms with E-state index in [2.05, 4.69) is 10.2 Å². The number of morpholine rings is 1. The molecule has 0 aliphatic carbocycles. The number of anilines is 1. The largest absolute Gasteiger partial charge is 0.370 e. The number of rotatable bonds is 4. The molecule has 2 aliphatic heterocycles. The summed E-state index contributed by atoms with van der Waals surface area (Å²) in [5, 5.41) is 5.35. The smallest absolute Gasteiger partial charge is 0.173 e. The molecule has 3 rings (SSSR count). The minimum absolute atomic E-state index is 0.502. The van der Waals surface area contributed by atoms with Crippen molar-refractivity contribution < 1.29 is 9.64 Å². The van der Waals surface area contributed by atoms with Crippen LogP contribution in [0.1, 0.15) is 25.7 Å². The average molecular weight is 403 g/mol. The molecule has 2 saturated heterocycles. The fourth-order valence-electron chi connectivity index (χ4n) is 3.63. The summed E-state index contributed by atoms with van der Waals surface area (Å²) in [7, 11) is 0. The molecule has 7 heteroatoms. The maximum Gasteiger partial charge on any atom is 0.173 e. The molecule has 2 aliphatic rings. The topological polar surface area (TPSA) is 28.9 Å². The molecule has 0 amide bonds. The second kappa shape index (κ2) is 9.38. The fourth-order valence-corrected chi connectivity index (χ4v) is 4.32. The Kier molecular flexibility index (Phi) is 7.19. The Morgan fingerprint density at radius 3 is 2.88 bits per heavy atom. The quantitative estimate of drug-likeness (QED) is 0.757. The molecule has 25 heavy (non-hydrogen) atoms. The van der Waals surface area contributed by atoms with Crippen molar-refractivity contribution in [1.29, 1.82) is 0 Å². The summed E-state index contributed by atoms with van der Waals surface area (Å²) in [5.74, 6) is 0. The third kappa shape index (κ3) is 5.44. The maximum atomic E-state index is 6.26. The van der Waals surface area contributed by atoms with Gasteiger partial charge in [0.1, 0.15) is 13.1 Å². The molecule has 0 aromatic heterocycles. The number of thiocarbonyl (C=S) groups is 1. The summed E-state index contributed by atoms with van der Waals surface area (Å²) in [6.07, 6.45) is 4.83. The van der Waals surface area contributed by atoms with Crippen molar-refractivity contribution in [2.45, 2.75) is 31.7 Å². The van der Waals surface area contributed by atoms with E-state index in [1.165, 1.54) is 32.2 Å². The Morgan fingerprint density at radius 1 is 1.28 bits per heavy atom. The predicted molar refractivity (Wildman–Crippen MR) is 108 cm³/mol.